The molecule has 0 amide bonds. The van der Waals surface area contributed by atoms with E-state index in [9.17, 15) is 5.11 Å². The molecule has 1 aliphatic heterocycles. The van der Waals surface area contributed by atoms with Crippen LogP contribution in [0.25, 0.3) is 0 Å². The molecule has 0 aliphatic carbocycles. The fourth-order valence-corrected chi connectivity index (χ4v) is 2.90. The van der Waals surface area contributed by atoms with Crippen molar-refractivity contribution >= 4 is 29.9 Å². The molecule has 2 rings (SSSR count). The van der Waals surface area contributed by atoms with Gasteiger partial charge in [-0.25, -0.2) is 4.99 Å². The number of ether oxygens (including phenoxy) is 1. The number of nitrogens with one attached hydrogen (secondary N) is 1. The maximum Gasteiger partial charge on any atom is 0.194 e. The van der Waals surface area contributed by atoms with E-state index in [-0.39, 0.29) is 30.6 Å². The van der Waals surface area contributed by atoms with E-state index in [0.29, 0.717) is 12.5 Å². The first kappa shape index (κ1) is 21.2. The van der Waals surface area contributed by atoms with Gasteiger partial charge in [-0.15, -0.1) is 24.0 Å². The SMILES string of the molecule is CCNC(=NCc1ccccc1CO)N1CCC(COCC)C1.I. The summed E-state index contributed by atoms with van der Waals surface area (Å²) < 4.78 is 5.55. The van der Waals surface area contributed by atoms with Crippen molar-refractivity contribution < 1.29 is 9.84 Å². The molecule has 24 heavy (non-hydrogen) atoms. The highest BCUT2D eigenvalue weighted by molar-refractivity contribution is 14.0. The van der Waals surface area contributed by atoms with E-state index in [1.54, 1.807) is 0 Å². The van der Waals surface area contributed by atoms with Crippen LogP contribution in [0.2, 0.25) is 0 Å². The summed E-state index contributed by atoms with van der Waals surface area (Å²) in [6, 6.07) is 7.92. The minimum atomic E-state index is 0. The number of rotatable bonds is 7. The van der Waals surface area contributed by atoms with Crippen LogP contribution in [-0.4, -0.2) is 48.8 Å². The summed E-state index contributed by atoms with van der Waals surface area (Å²) in [5, 5.41) is 12.8. The average Bonchev–Trinajstić information content (AvgIpc) is 3.05. The number of hydrogen-bond acceptors (Lipinski definition) is 3. The molecule has 1 aromatic carbocycles. The molecule has 0 radical (unpaired) electrons. The van der Waals surface area contributed by atoms with Crippen LogP contribution >= 0.6 is 24.0 Å². The molecule has 0 saturated carbocycles. The molecule has 136 valence electrons. The molecule has 1 heterocycles. The van der Waals surface area contributed by atoms with Crippen molar-refractivity contribution in [3.8, 4) is 0 Å². The van der Waals surface area contributed by atoms with Gasteiger partial charge in [0.25, 0.3) is 0 Å². The van der Waals surface area contributed by atoms with Gasteiger partial charge in [-0.2, -0.15) is 0 Å². The molecule has 5 nitrogen and oxygen atoms in total. The van der Waals surface area contributed by atoms with E-state index in [0.717, 1.165) is 56.4 Å². The maximum atomic E-state index is 9.43. The van der Waals surface area contributed by atoms with Crippen LogP contribution in [0.5, 0.6) is 0 Å². The highest BCUT2D eigenvalue weighted by atomic mass is 127. The van der Waals surface area contributed by atoms with Gasteiger partial charge >= 0.3 is 0 Å². The molecular weight excluding hydrogens is 417 g/mol. The number of aliphatic imine (C=N–C) groups is 1. The van der Waals surface area contributed by atoms with Gasteiger partial charge in [-0.05, 0) is 31.4 Å². The zero-order valence-electron chi connectivity index (χ0n) is 14.7. The minimum absolute atomic E-state index is 0. The summed E-state index contributed by atoms with van der Waals surface area (Å²) in [5.74, 6) is 1.54. The van der Waals surface area contributed by atoms with Gasteiger partial charge in [0.1, 0.15) is 0 Å². The van der Waals surface area contributed by atoms with Crippen LogP contribution in [0.1, 0.15) is 31.4 Å². The standard InChI is InChI=1S/C18H29N3O2.HI/c1-3-19-18(21-10-9-15(12-21)14-23-4-2)20-11-16-7-5-6-8-17(16)13-22;/h5-8,15,22H,3-4,9-14H2,1-2H3,(H,19,20);1H. The van der Waals surface area contributed by atoms with Crippen LogP contribution in [0.4, 0.5) is 0 Å². The van der Waals surface area contributed by atoms with E-state index in [1.165, 1.54) is 0 Å². The van der Waals surface area contributed by atoms with Crippen molar-refractivity contribution in [2.24, 2.45) is 10.9 Å². The van der Waals surface area contributed by atoms with E-state index in [2.05, 4.69) is 17.1 Å². The van der Waals surface area contributed by atoms with Gasteiger partial charge in [0.2, 0.25) is 0 Å². The van der Waals surface area contributed by atoms with E-state index < -0.39 is 0 Å². The molecule has 0 spiro atoms. The van der Waals surface area contributed by atoms with Crippen LogP contribution in [-0.2, 0) is 17.9 Å². The number of benzene rings is 1. The molecule has 0 bridgehead atoms. The third-order valence-corrected chi connectivity index (χ3v) is 4.17. The Hall–Kier alpha value is -0.860. The average molecular weight is 447 g/mol. The Bertz CT molecular complexity index is 511. The number of aliphatic hydroxyl groups is 1. The second-order valence-corrected chi connectivity index (χ2v) is 5.86. The number of hydrogen-bond donors (Lipinski definition) is 2. The summed E-state index contributed by atoms with van der Waals surface area (Å²) in [4.78, 5) is 7.08. The Morgan fingerprint density at radius 1 is 1.33 bits per heavy atom. The monoisotopic (exact) mass is 447 g/mol. The maximum absolute atomic E-state index is 9.43. The van der Waals surface area contributed by atoms with Crippen molar-refractivity contribution in [3.05, 3.63) is 35.4 Å². The van der Waals surface area contributed by atoms with Crippen LogP contribution in [0, 0.1) is 5.92 Å². The topological polar surface area (TPSA) is 57.1 Å². The number of halogens is 1. The number of guanidine groups is 1. The van der Waals surface area contributed by atoms with Gasteiger partial charge in [-0.3, -0.25) is 0 Å². The Morgan fingerprint density at radius 3 is 2.75 bits per heavy atom. The second-order valence-electron chi connectivity index (χ2n) is 5.86. The molecule has 1 aliphatic rings. The fourth-order valence-electron chi connectivity index (χ4n) is 2.90. The van der Waals surface area contributed by atoms with Crippen molar-refractivity contribution in [2.45, 2.75) is 33.4 Å². The predicted octanol–water partition coefficient (Wildman–Crippen LogP) is 2.62. The lowest BCUT2D eigenvalue weighted by Gasteiger charge is -2.22. The zero-order chi connectivity index (χ0) is 16.5. The zero-order valence-corrected chi connectivity index (χ0v) is 17.0. The van der Waals surface area contributed by atoms with Crippen molar-refractivity contribution in [1.29, 1.82) is 0 Å². The third kappa shape index (κ3) is 6.22. The summed E-state index contributed by atoms with van der Waals surface area (Å²) in [5.41, 5.74) is 2.03. The van der Waals surface area contributed by atoms with Gasteiger partial charge in [0, 0.05) is 32.2 Å². The first-order valence-electron chi connectivity index (χ1n) is 8.57. The highest BCUT2D eigenvalue weighted by Crippen LogP contribution is 2.17. The van der Waals surface area contributed by atoms with Crippen molar-refractivity contribution in [2.75, 3.05) is 32.8 Å². The fraction of sp³-hybridized carbons (Fsp3) is 0.611. The van der Waals surface area contributed by atoms with E-state index >= 15 is 0 Å². The summed E-state index contributed by atoms with van der Waals surface area (Å²) >= 11 is 0. The predicted molar refractivity (Wildman–Crippen MR) is 109 cm³/mol. The molecule has 2 N–H and O–H groups in total. The first-order chi connectivity index (χ1) is 11.3. The first-order valence-corrected chi connectivity index (χ1v) is 8.57. The second kappa shape index (κ2) is 11.7. The number of likely N-dealkylation sites (tertiary alicyclic amines) is 1. The van der Waals surface area contributed by atoms with Gasteiger partial charge in [-0.1, -0.05) is 24.3 Å². The quantitative estimate of drug-likeness (QED) is 0.384. The highest BCUT2D eigenvalue weighted by Gasteiger charge is 2.24. The third-order valence-electron chi connectivity index (χ3n) is 4.17. The molecule has 1 unspecified atom stereocenters. The number of nitrogens with zero attached hydrogens (tertiary/aromatic N) is 2. The van der Waals surface area contributed by atoms with E-state index in [1.807, 2.05) is 31.2 Å². The molecule has 0 aromatic heterocycles. The molecule has 1 saturated heterocycles. The summed E-state index contributed by atoms with van der Waals surface area (Å²) in [6.07, 6.45) is 1.15. The Balaban J connectivity index is 0.00000288. The van der Waals surface area contributed by atoms with E-state index in [4.69, 9.17) is 9.73 Å². The Morgan fingerprint density at radius 2 is 2.08 bits per heavy atom. The van der Waals surface area contributed by atoms with Crippen LogP contribution in [0.3, 0.4) is 0 Å². The minimum Gasteiger partial charge on any atom is -0.392 e. The van der Waals surface area contributed by atoms with Crippen LogP contribution in [0.15, 0.2) is 29.3 Å². The van der Waals surface area contributed by atoms with Gasteiger partial charge < -0.3 is 20.1 Å². The van der Waals surface area contributed by atoms with Crippen LogP contribution < -0.4 is 5.32 Å². The van der Waals surface area contributed by atoms with Gasteiger partial charge in [0.05, 0.1) is 19.8 Å². The number of aliphatic hydroxyl groups excluding tert-OH is 1. The smallest absolute Gasteiger partial charge is 0.194 e. The lowest BCUT2D eigenvalue weighted by Crippen LogP contribution is -2.40. The molecule has 6 heteroatoms. The normalized spacial score (nSPS) is 17.7. The van der Waals surface area contributed by atoms with Gasteiger partial charge in [0.15, 0.2) is 5.96 Å². The Labute approximate surface area is 162 Å². The summed E-state index contributed by atoms with van der Waals surface area (Å²) in [7, 11) is 0. The largest absolute Gasteiger partial charge is 0.392 e. The van der Waals surface area contributed by atoms with Crippen molar-refractivity contribution in [1.82, 2.24) is 10.2 Å². The summed E-state index contributed by atoms with van der Waals surface area (Å²) in [6.45, 7) is 9.25. The molecular formula is C18H30IN3O2. The van der Waals surface area contributed by atoms with Crippen molar-refractivity contribution in [3.63, 3.8) is 0 Å². The molecule has 1 fully saturated rings. The molecule has 1 aromatic rings. The lowest BCUT2D eigenvalue weighted by molar-refractivity contribution is 0.114. The Kier molecular flexibility index (Phi) is 10.3. The molecule has 1 atom stereocenters. The lowest BCUT2D eigenvalue weighted by atomic mass is 10.1.